The van der Waals surface area contributed by atoms with E-state index in [0.29, 0.717) is 0 Å². The maximum absolute atomic E-state index is 2.25. The van der Waals surface area contributed by atoms with Crippen LogP contribution in [0.4, 0.5) is 0 Å². The number of hydrogen-bond donors (Lipinski definition) is 0. The Morgan fingerprint density at radius 2 is 1.58 bits per heavy atom. The van der Waals surface area contributed by atoms with Gasteiger partial charge in [0.25, 0.3) is 0 Å². The van der Waals surface area contributed by atoms with Crippen LogP contribution in [0.15, 0.2) is 60.7 Å². The van der Waals surface area contributed by atoms with Crippen LogP contribution in [0.3, 0.4) is 0 Å². The molecule has 0 N–H and O–H groups in total. The molecule has 0 aliphatic heterocycles. The first-order valence-electron chi connectivity index (χ1n) is 6.73. The maximum Gasteiger partial charge on any atom is 0.000992 e. The SMILES string of the molecule is CN(C)CC/C=C/c1ccccc1-c1ccccc1. The average molecular weight is 251 g/mol. The van der Waals surface area contributed by atoms with E-state index in [4.69, 9.17) is 0 Å². The van der Waals surface area contributed by atoms with Crippen molar-refractivity contribution >= 4 is 6.08 Å². The Kier molecular flexibility index (Phi) is 4.93. The largest absolute Gasteiger partial charge is 0.309 e. The first kappa shape index (κ1) is 13.6. The van der Waals surface area contributed by atoms with E-state index < -0.39 is 0 Å². The molecule has 0 radical (unpaired) electrons. The highest BCUT2D eigenvalue weighted by Crippen LogP contribution is 2.24. The second-order valence-corrected chi connectivity index (χ2v) is 4.95. The van der Waals surface area contributed by atoms with Crippen LogP contribution in [0.5, 0.6) is 0 Å². The summed E-state index contributed by atoms with van der Waals surface area (Å²) >= 11 is 0. The topological polar surface area (TPSA) is 3.24 Å². The van der Waals surface area contributed by atoms with Crippen LogP contribution in [0.25, 0.3) is 17.2 Å². The molecule has 0 saturated carbocycles. The molecule has 0 bridgehead atoms. The number of hydrogen-bond acceptors (Lipinski definition) is 1. The highest BCUT2D eigenvalue weighted by Gasteiger charge is 2.00. The summed E-state index contributed by atoms with van der Waals surface area (Å²) in [7, 11) is 4.21. The summed E-state index contributed by atoms with van der Waals surface area (Å²) in [6.07, 6.45) is 5.56. The molecule has 0 spiro atoms. The van der Waals surface area contributed by atoms with Crippen molar-refractivity contribution in [2.24, 2.45) is 0 Å². The van der Waals surface area contributed by atoms with Gasteiger partial charge in [0, 0.05) is 6.54 Å². The fourth-order valence-electron chi connectivity index (χ4n) is 2.07. The first-order chi connectivity index (χ1) is 9.27. The molecule has 0 aliphatic carbocycles. The van der Waals surface area contributed by atoms with E-state index in [9.17, 15) is 0 Å². The normalized spacial score (nSPS) is 11.3. The minimum absolute atomic E-state index is 1.08. The van der Waals surface area contributed by atoms with Gasteiger partial charge in [0.2, 0.25) is 0 Å². The number of nitrogens with zero attached hydrogens (tertiary/aromatic N) is 1. The van der Waals surface area contributed by atoms with Gasteiger partial charge in [-0.2, -0.15) is 0 Å². The smallest absolute Gasteiger partial charge is 0.000992 e. The zero-order valence-electron chi connectivity index (χ0n) is 11.7. The molecule has 0 aromatic heterocycles. The summed E-state index contributed by atoms with van der Waals surface area (Å²) in [5.41, 5.74) is 3.85. The number of benzene rings is 2. The fourth-order valence-corrected chi connectivity index (χ4v) is 2.07. The Bertz CT molecular complexity index is 526. The predicted octanol–water partition coefficient (Wildman–Crippen LogP) is 4.32. The fraction of sp³-hybridized carbons (Fsp3) is 0.222. The van der Waals surface area contributed by atoms with Crippen LogP contribution in [0.2, 0.25) is 0 Å². The highest BCUT2D eigenvalue weighted by molar-refractivity contribution is 5.75. The number of rotatable bonds is 5. The predicted molar refractivity (Wildman–Crippen MR) is 84.1 cm³/mol. The van der Waals surface area contributed by atoms with E-state index in [2.05, 4.69) is 85.7 Å². The first-order valence-corrected chi connectivity index (χ1v) is 6.73. The summed E-state index contributed by atoms with van der Waals surface area (Å²) in [4.78, 5) is 2.20. The molecule has 0 fully saturated rings. The van der Waals surface area contributed by atoms with E-state index in [1.54, 1.807) is 0 Å². The van der Waals surface area contributed by atoms with Gasteiger partial charge in [-0.1, -0.05) is 66.7 Å². The van der Waals surface area contributed by atoms with E-state index in [1.807, 2.05) is 0 Å². The molecule has 2 rings (SSSR count). The van der Waals surface area contributed by atoms with Crippen molar-refractivity contribution in [1.82, 2.24) is 4.90 Å². The minimum Gasteiger partial charge on any atom is -0.309 e. The van der Waals surface area contributed by atoms with Crippen molar-refractivity contribution in [2.75, 3.05) is 20.6 Å². The van der Waals surface area contributed by atoms with Gasteiger partial charge in [-0.3, -0.25) is 0 Å². The van der Waals surface area contributed by atoms with Gasteiger partial charge in [0.15, 0.2) is 0 Å². The van der Waals surface area contributed by atoms with Gasteiger partial charge in [0.05, 0.1) is 0 Å². The molecule has 19 heavy (non-hydrogen) atoms. The Labute approximate surface area is 116 Å². The quantitative estimate of drug-likeness (QED) is 0.765. The van der Waals surface area contributed by atoms with Crippen molar-refractivity contribution in [1.29, 1.82) is 0 Å². The molecule has 0 unspecified atom stereocenters. The van der Waals surface area contributed by atoms with Gasteiger partial charge in [-0.05, 0) is 37.2 Å². The van der Waals surface area contributed by atoms with Crippen LogP contribution in [0.1, 0.15) is 12.0 Å². The van der Waals surface area contributed by atoms with Gasteiger partial charge in [-0.15, -0.1) is 0 Å². The summed E-state index contributed by atoms with van der Waals surface area (Å²) in [6, 6.07) is 19.1. The van der Waals surface area contributed by atoms with E-state index in [-0.39, 0.29) is 0 Å². The van der Waals surface area contributed by atoms with Crippen molar-refractivity contribution in [3.63, 3.8) is 0 Å². The van der Waals surface area contributed by atoms with Crippen LogP contribution in [-0.4, -0.2) is 25.5 Å². The van der Waals surface area contributed by atoms with E-state index in [1.165, 1.54) is 16.7 Å². The Balaban J connectivity index is 2.18. The highest BCUT2D eigenvalue weighted by atomic mass is 15.0. The molecule has 1 nitrogen and oxygen atoms in total. The van der Waals surface area contributed by atoms with E-state index in [0.717, 1.165) is 13.0 Å². The van der Waals surface area contributed by atoms with Crippen molar-refractivity contribution in [2.45, 2.75) is 6.42 Å². The lowest BCUT2D eigenvalue weighted by Crippen LogP contribution is -2.11. The van der Waals surface area contributed by atoms with Crippen molar-refractivity contribution in [3.05, 3.63) is 66.2 Å². The van der Waals surface area contributed by atoms with Crippen LogP contribution < -0.4 is 0 Å². The van der Waals surface area contributed by atoms with E-state index >= 15 is 0 Å². The Morgan fingerprint density at radius 1 is 0.895 bits per heavy atom. The van der Waals surface area contributed by atoms with Crippen LogP contribution >= 0.6 is 0 Å². The third kappa shape index (κ3) is 4.08. The second-order valence-electron chi connectivity index (χ2n) is 4.95. The molecule has 2 aromatic carbocycles. The molecule has 98 valence electrons. The second kappa shape index (κ2) is 6.91. The molecular weight excluding hydrogens is 230 g/mol. The average Bonchev–Trinajstić information content (AvgIpc) is 2.45. The lowest BCUT2D eigenvalue weighted by Gasteiger charge is -2.07. The van der Waals surface area contributed by atoms with Gasteiger partial charge >= 0.3 is 0 Å². The molecule has 1 heteroatoms. The summed E-state index contributed by atoms with van der Waals surface area (Å²) in [6.45, 7) is 1.09. The van der Waals surface area contributed by atoms with Gasteiger partial charge < -0.3 is 4.90 Å². The molecule has 0 saturated heterocycles. The van der Waals surface area contributed by atoms with Crippen LogP contribution in [-0.2, 0) is 0 Å². The minimum atomic E-state index is 1.08. The van der Waals surface area contributed by atoms with Gasteiger partial charge in [0.1, 0.15) is 0 Å². The molecule has 0 aliphatic rings. The molecule has 0 amide bonds. The third-order valence-electron chi connectivity index (χ3n) is 3.09. The Morgan fingerprint density at radius 3 is 2.32 bits per heavy atom. The maximum atomic E-state index is 2.25. The molecule has 0 atom stereocenters. The van der Waals surface area contributed by atoms with Crippen molar-refractivity contribution < 1.29 is 0 Å². The Hall–Kier alpha value is -1.86. The lowest BCUT2D eigenvalue weighted by atomic mass is 9.99. The molecular formula is C18H21N. The summed E-state index contributed by atoms with van der Waals surface area (Å²) < 4.78 is 0. The standard InChI is InChI=1S/C18H21N/c1-19(2)15-9-8-13-17-12-6-7-14-18(17)16-10-4-3-5-11-16/h3-8,10-14H,9,15H2,1-2H3/b13-8+. The van der Waals surface area contributed by atoms with Gasteiger partial charge in [-0.25, -0.2) is 0 Å². The summed E-state index contributed by atoms with van der Waals surface area (Å²) in [5.74, 6) is 0. The molecule has 2 aromatic rings. The zero-order valence-corrected chi connectivity index (χ0v) is 11.7. The zero-order chi connectivity index (χ0) is 13.5. The third-order valence-corrected chi connectivity index (χ3v) is 3.09. The lowest BCUT2D eigenvalue weighted by molar-refractivity contribution is 0.417. The summed E-state index contributed by atoms with van der Waals surface area (Å²) in [5, 5.41) is 0. The van der Waals surface area contributed by atoms with Crippen LogP contribution in [0, 0.1) is 0 Å². The monoisotopic (exact) mass is 251 g/mol. The molecule has 0 heterocycles. The van der Waals surface area contributed by atoms with Crippen molar-refractivity contribution in [3.8, 4) is 11.1 Å².